The summed E-state index contributed by atoms with van der Waals surface area (Å²) in [5.74, 6) is 0.420. The Hall–Kier alpha value is -0.210. The third-order valence-corrected chi connectivity index (χ3v) is 4.01. The van der Waals surface area contributed by atoms with Crippen molar-refractivity contribution in [3.8, 4) is 0 Å². The highest BCUT2D eigenvalue weighted by molar-refractivity contribution is 6.31. The highest BCUT2D eigenvalue weighted by Crippen LogP contribution is 2.25. The van der Waals surface area contributed by atoms with Crippen LogP contribution in [0, 0.1) is 12.8 Å². The maximum atomic E-state index is 6.20. The first kappa shape index (κ1) is 12.9. The Morgan fingerprint density at radius 1 is 1.47 bits per heavy atom. The largest absolute Gasteiger partial charge is 0.271 e. The van der Waals surface area contributed by atoms with Crippen LogP contribution in [0.3, 0.4) is 0 Å². The molecule has 0 aliphatic carbocycles. The van der Waals surface area contributed by atoms with Gasteiger partial charge in [0.25, 0.3) is 0 Å². The molecule has 15 heavy (non-hydrogen) atoms. The zero-order valence-corrected chi connectivity index (χ0v) is 11.2. The number of aromatic nitrogens is 2. The summed E-state index contributed by atoms with van der Waals surface area (Å²) < 4.78 is 1.85. The maximum absolute atomic E-state index is 6.20. The van der Waals surface area contributed by atoms with E-state index in [0.717, 1.165) is 29.3 Å². The third kappa shape index (κ3) is 2.88. The van der Waals surface area contributed by atoms with Crippen molar-refractivity contribution in [1.82, 2.24) is 9.78 Å². The van der Waals surface area contributed by atoms with Crippen LogP contribution in [0.25, 0.3) is 0 Å². The second-order valence-electron chi connectivity index (χ2n) is 4.08. The van der Waals surface area contributed by atoms with Gasteiger partial charge >= 0.3 is 0 Å². The predicted molar refractivity (Wildman–Crippen MR) is 65.8 cm³/mol. The summed E-state index contributed by atoms with van der Waals surface area (Å²) in [4.78, 5) is 0. The Morgan fingerprint density at radius 2 is 2.07 bits per heavy atom. The third-order valence-electron chi connectivity index (χ3n) is 2.78. The van der Waals surface area contributed by atoms with Crippen molar-refractivity contribution < 1.29 is 0 Å². The lowest BCUT2D eigenvalue weighted by Gasteiger charge is -2.16. The molecule has 2 unspecified atom stereocenters. The quantitative estimate of drug-likeness (QED) is 0.746. The fraction of sp³-hybridized carbons (Fsp3) is 0.727. The molecule has 0 spiro atoms. The van der Waals surface area contributed by atoms with Crippen LogP contribution in [-0.2, 0) is 13.5 Å². The Bertz CT molecular complexity index is 334. The molecule has 1 heterocycles. The predicted octanol–water partition coefficient (Wildman–Crippen LogP) is 3.58. The molecule has 1 aromatic rings. The molecule has 0 saturated carbocycles. The van der Waals surface area contributed by atoms with Gasteiger partial charge in [-0.3, -0.25) is 4.68 Å². The van der Waals surface area contributed by atoms with Gasteiger partial charge in [-0.25, -0.2) is 0 Å². The Labute approximate surface area is 102 Å². The monoisotopic (exact) mass is 248 g/mol. The topological polar surface area (TPSA) is 17.8 Å². The van der Waals surface area contributed by atoms with E-state index in [1.807, 2.05) is 18.7 Å². The van der Waals surface area contributed by atoms with Gasteiger partial charge in [-0.2, -0.15) is 5.10 Å². The lowest BCUT2D eigenvalue weighted by Crippen LogP contribution is -2.15. The number of alkyl halides is 1. The molecule has 2 atom stereocenters. The normalized spacial score (nSPS) is 15.3. The second kappa shape index (κ2) is 5.22. The first-order valence-corrected chi connectivity index (χ1v) is 6.10. The molecular weight excluding hydrogens is 231 g/mol. The van der Waals surface area contributed by atoms with Gasteiger partial charge in [0.2, 0.25) is 0 Å². The summed E-state index contributed by atoms with van der Waals surface area (Å²) in [7, 11) is 1.93. The van der Waals surface area contributed by atoms with E-state index in [1.165, 1.54) is 0 Å². The van der Waals surface area contributed by atoms with E-state index in [2.05, 4.69) is 18.9 Å². The van der Waals surface area contributed by atoms with Gasteiger partial charge in [0, 0.05) is 12.4 Å². The van der Waals surface area contributed by atoms with Gasteiger partial charge in [-0.15, -0.1) is 11.6 Å². The lowest BCUT2D eigenvalue weighted by molar-refractivity contribution is 0.510. The molecule has 1 rings (SSSR count). The molecule has 0 saturated heterocycles. The molecule has 0 radical (unpaired) electrons. The minimum Gasteiger partial charge on any atom is -0.271 e. The first-order valence-electron chi connectivity index (χ1n) is 5.29. The van der Waals surface area contributed by atoms with Crippen LogP contribution < -0.4 is 0 Å². The summed E-state index contributed by atoms with van der Waals surface area (Å²) in [5, 5.41) is 5.28. The molecule has 0 amide bonds. The number of rotatable bonds is 4. The van der Waals surface area contributed by atoms with E-state index in [9.17, 15) is 0 Å². The van der Waals surface area contributed by atoms with Crippen LogP contribution >= 0.6 is 23.2 Å². The summed E-state index contributed by atoms with van der Waals surface area (Å²) in [6, 6.07) is 0. The van der Waals surface area contributed by atoms with E-state index in [0.29, 0.717) is 5.92 Å². The molecule has 0 aliphatic heterocycles. The van der Waals surface area contributed by atoms with Crippen LogP contribution in [0.4, 0.5) is 0 Å². The standard InChI is InChI=1S/C11H18Cl2N2/c1-5-9(12)7(2)6-10-11(13)8(3)14-15(10)4/h7,9H,5-6H2,1-4H3. The molecule has 86 valence electrons. The average Bonchev–Trinajstić information content (AvgIpc) is 2.43. The fourth-order valence-electron chi connectivity index (χ4n) is 1.74. The van der Waals surface area contributed by atoms with E-state index in [4.69, 9.17) is 23.2 Å². The van der Waals surface area contributed by atoms with Gasteiger partial charge in [0.15, 0.2) is 0 Å². The van der Waals surface area contributed by atoms with Crippen LogP contribution in [0.2, 0.25) is 5.02 Å². The van der Waals surface area contributed by atoms with Crippen molar-refractivity contribution >= 4 is 23.2 Å². The van der Waals surface area contributed by atoms with E-state index in [1.54, 1.807) is 0 Å². The SMILES string of the molecule is CCC(Cl)C(C)Cc1c(Cl)c(C)nn1C. The van der Waals surface area contributed by atoms with Crippen LogP contribution in [-0.4, -0.2) is 15.2 Å². The van der Waals surface area contributed by atoms with Crippen LogP contribution in [0.1, 0.15) is 31.7 Å². The van der Waals surface area contributed by atoms with Crippen LogP contribution in [0.15, 0.2) is 0 Å². The van der Waals surface area contributed by atoms with Crippen molar-refractivity contribution in [3.05, 3.63) is 16.4 Å². The number of hydrogen-bond donors (Lipinski definition) is 0. The molecule has 0 aromatic carbocycles. The second-order valence-corrected chi connectivity index (χ2v) is 5.01. The first-order chi connectivity index (χ1) is 6.97. The zero-order valence-electron chi connectivity index (χ0n) is 9.72. The van der Waals surface area contributed by atoms with Gasteiger partial charge in [-0.05, 0) is 25.7 Å². The molecule has 4 heteroatoms. The van der Waals surface area contributed by atoms with Crippen molar-refractivity contribution in [2.75, 3.05) is 0 Å². The summed E-state index contributed by atoms with van der Waals surface area (Å²) in [6.07, 6.45) is 1.87. The number of halogens is 2. The minimum atomic E-state index is 0.205. The van der Waals surface area contributed by atoms with E-state index >= 15 is 0 Å². The van der Waals surface area contributed by atoms with E-state index < -0.39 is 0 Å². The Morgan fingerprint density at radius 3 is 2.47 bits per heavy atom. The average molecular weight is 249 g/mol. The fourth-order valence-corrected chi connectivity index (χ4v) is 2.06. The summed E-state index contributed by atoms with van der Waals surface area (Å²) in [5.41, 5.74) is 1.98. The molecule has 0 fully saturated rings. The van der Waals surface area contributed by atoms with Gasteiger partial charge in [0.05, 0.1) is 16.4 Å². The number of aryl methyl sites for hydroxylation is 2. The minimum absolute atomic E-state index is 0.205. The molecule has 0 bridgehead atoms. The highest BCUT2D eigenvalue weighted by Gasteiger charge is 2.18. The van der Waals surface area contributed by atoms with Crippen LogP contribution in [0.5, 0.6) is 0 Å². The summed E-state index contributed by atoms with van der Waals surface area (Å²) in [6.45, 7) is 6.18. The highest BCUT2D eigenvalue weighted by atomic mass is 35.5. The van der Waals surface area contributed by atoms with Gasteiger partial charge in [0.1, 0.15) is 0 Å². The van der Waals surface area contributed by atoms with E-state index in [-0.39, 0.29) is 5.38 Å². The Kier molecular flexibility index (Phi) is 4.47. The van der Waals surface area contributed by atoms with Crippen molar-refractivity contribution in [3.63, 3.8) is 0 Å². The van der Waals surface area contributed by atoms with Gasteiger partial charge in [-0.1, -0.05) is 25.4 Å². The Balaban J connectivity index is 2.80. The van der Waals surface area contributed by atoms with Crippen molar-refractivity contribution in [2.45, 2.75) is 39.0 Å². The number of nitrogens with zero attached hydrogens (tertiary/aromatic N) is 2. The molecule has 0 N–H and O–H groups in total. The smallest absolute Gasteiger partial charge is 0.0847 e. The summed E-state index contributed by atoms with van der Waals surface area (Å²) >= 11 is 12.4. The van der Waals surface area contributed by atoms with Crippen molar-refractivity contribution in [2.24, 2.45) is 13.0 Å². The van der Waals surface area contributed by atoms with Gasteiger partial charge < -0.3 is 0 Å². The zero-order chi connectivity index (χ0) is 11.6. The molecule has 2 nitrogen and oxygen atoms in total. The molecule has 0 aliphatic rings. The number of hydrogen-bond acceptors (Lipinski definition) is 1. The lowest BCUT2D eigenvalue weighted by atomic mass is 9.99. The maximum Gasteiger partial charge on any atom is 0.0847 e. The molecular formula is C11H18Cl2N2. The molecule has 1 aromatic heterocycles. The van der Waals surface area contributed by atoms with Crippen molar-refractivity contribution in [1.29, 1.82) is 0 Å².